The Morgan fingerprint density at radius 1 is 0.941 bits per heavy atom. The Labute approximate surface area is 197 Å². The van der Waals surface area contributed by atoms with Crippen LogP contribution in [0.3, 0.4) is 0 Å². The van der Waals surface area contributed by atoms with Crippen molar-refractivity contribution in [3.8, 4) is 5.75 Å². The number of aromatic nitrogens is 1. The molecule has 34 heavy (non-hydrogen) atoms. The second kappa shape index (κ2) is 11.4. The summed E-state index contributed by atoms with van der Waals surface area (Å²) in [5.74, 6) is -3.13. The number of ether oxygens (including phenoxy) is 1. The molecule has 2 amide bonds. The van der Waals surface area contributed by atoms with Crippen molar-refractivity contribution in [2.75, 3.05) is 0 Å². The number of nitrogens with one attached hydrogen (secondary N) is 2. The van der Waals surface area contributed by atoms with Crippen molar-refractivity contribution in [1.82, 2.24) is 15.6 Å². The van der Waals surface area contributed by atoms with Crippen molar-refractivity contribution in [2.45, 2.75) is 39.5 Å². The van der Waals surface area contributed by atoms with Crippen LogP contribution in [0.1, 0.15) is 48.4 Å². The number of nitrogens with zero attached hydrogens (tertiary/aromatic N) is 1. The van der Waals surface area contributed by atoms with Gasteiger partial charge in [0.05, 0.1) is 11.7 Å². The van der Waals surface area contributed by atoms with E-state index >= 15 is 0 Å². The first-order valence-corrected chi connectivity index (χ1v) is 10.9. The van der Waals surface area contributed by atoms with Gasteiger partial charge in [-0.25, -0.2) is 8.78 Å². The molecule has 0 saturated carbocycles. The Morgan fingerprint density at radius 2 is 1.65 bits per heavy atom. The van der Waals surface area contributed by atoms with Crippen LogP contribution in [-0.4, -0.2) is 22.8 Å². The summed E-state index contributed by atoms with van der Waals surface area (Å²) in [5, 5.41) is 5.31. The van der Waals surface area contributed by atoms with Gasteiger partial charge in [-0.15, -0.1) is 0 Å². The highest BCUT2D eigenvalue weighted by molar-refractivity contribution is 5.98. The van der Waals surface area contributed by atoms with Gasteiger partial charge in [-0.1, -0.05) is 38.1 Å². The molecule has 0 bridgehead atoms. The topological polar surface area (TPSA) is 80.3 Å². The highest BCUT2D eigenvalue weighted by Crippen LogP contribution is 2.21. The van der Waals surface area contributed by atoms with Gasteiger partial charge in [-0.3, -0.25) is 14.6 Å². The van der Waals surface area contributed by atoms with Gasteiger partial charge in [0.25, 0.3) is 5.91 Å². The van der Waals surface area contributed by atoms with E-state index in [1.54, 1.807) is 33.0 Å². The lowest BCUT2D eigenvalue weighted by molar-refractivity contribution is -0.124. The molecule has 1 heterocycles. The van der Waals surface area contributed by atoms with Crippen LogP contribution in [-0.2, 0) is 11.4 Å². The second-order valence-corrected chi connectivity index (χ2v) is 8.20. The molecule has 3 aromatic rings. The van der Waals surface area contributed by atoms with Gasteiger partial charge in [0, 0.05) is 6.20 Å². The van der Waals surface area contributed by atoms with Crippen molar-refractivity contribution in [2.24, 2.45) is 5.92 Å². The molecule has 1 aromatic heterocycles. The Balaban J connectivity index is 1.66. The van der Waals surface area contributed by atoms with E-state index < -0.39 is 41.1 Å². The molecule has 0 aliphatic heterocycles. The van der Waals surface area contributed by atoms with Crippen molar-refractivity contribution in [3.05, 3.63) is 95.3 Å². The summed E-state index contributed by atoms with van der Waals surface area (Å²) in [6, 6.07) is 14.6. The van der Waals surface area contributed by atoms with Gasteiger partial charge >= 0.3 is 0 Å². The van der Waals surface area contributed by atoms with E-state index in [0.29, 0.717) is 12.4 Å². The van der Waals surface area contributed by atoms with E-state index in [9.17, 15) is 18.4 Å². The van der Waals surface area contributed by atoms with E-state index in [1.165, 1.54) is 6.07 Å². The quantitative estimate of drug-likeness (QED) is 0.483. The monoisotopic (exact) mass is 467 g/mol. The molecule has 2 aromatic carbocycles. The van der Waals surface area contributed by atoms with Crippen LogP contribution in [0, 0.1) is 17.6 Å². The minimum absolute atomic E-state index is 0.305. The maximum atomic E-state index is 14.0. The van der Waals surface area contributed by atoms with Gasteiger partial charge in [-0.05, 0) is 54.8 Å². The van der Waals surface area contributed by atoms with Crippen molar-refractivity contribution < 1.29 is 23.1 Å². The number of rotatable bonds is 9. The fourth-order valence-corrected chi connectivity index (χ4v) is 3.36. The van der Waals surface area contributed by atoms with Crippen molar-refractivity contribution in [1.29, 1.82) is 0 Å². The highest BCUT2D eigenvalue weighted by Gasteiger charge is 2.28. The largest absolute Gasteiger partial charge is 0.487 e. The minimum Gasteiger partial charge on any atom is -0.487 e. The molecule has 8 heteroatoms. The van der Waals surface area contributed by atoms with E-state index in [4.69, 9.17) is 4.74 Å². The molecule has 0 radical (unpaired) electrons. The standard InChI is InChI=1S/C26H27F2N3O3/c1-16(2)24(31-25(32)23-21(27)11-7-12-22(23)28)26(33)30-17(3)18-8-6-10-20(14-18)34-15-19-9-4-5-13-29-19/h4-14,16-17,24H,15H2,1-3H3,(H,30,33)(H,31,32). The van der Waals surface area contributed by atoms with Gasteiger partial charge in [0.15, 0.2) is 0 Å². The SMILES string of the molecule is CC(NC(=O)C(NC(=O)c1c(F)cccc1F)C(C)C)c1cccc(OCc2ccccn2)c1. The molecule has 6 nitrogen and oxygen atoms in total. The maximum absolute atomic E-state index is 14.0. The zero-order chi connectivity index (χ0) is 24.7. The third-order valence-corrected chi connectivity index (χ3v) is 5.26. The summed E-state index contributed by atoms with van der Waals surface area (Å²) in [5.41, 5.74) is 0.865. The number of carbonyl (C=O) groups excluding carboxylic acids is 2. The van der Waals surface area contributed by atoms with E-state index in [0.717, 1.165) is 23.4 Å². The van der Waals surface area contributed by atoms with Crippen LogP contribution < -0.4 is 15.4 Å². The number of hydrogen-bond acceptors (Lipinski definition) is 4. The Kier molecular flexibility index (Phi) is 8.29. The summed E-state index contributed by atoms with van der Waals surface area (Å²) in [7, 11) is 0. The van der Waals surface area contributed by atoms with E-state index in [-0.39, 0.29) is 5.92 Å². The Hall–Kier alpha value is -3.81. The zero-order valence-corrected chi connectivity index (χ0v) is 19.2. The van der Waals surface area contributed by atoms with Gasteiger partial charge in [0.2, 0.25) is 5.91 Å². The van der Waals surface area contributed by atoms with E-state index in [2.05, 4.69) is 15.6 Å². The van der Waals surface area contributed by atoms with Gasteiger partial charge in [0.1, 0.15) is 35.6 Å². The number of hydrogen-bond donors (Lipinski definition) is 2. The summed E-state index contributed by atoms with van der Waals surface area (Å²) in [6.07, 6.45) is 1.69. The molecule has 0 saturated heterocycles. The number of halogens is 2. The molecule has 0 fully saturated rings. The molecule has 3 rings (SSSR count). The second-order valence-electron chi connectivity index (χ2n) is 8.20. The zero-order valence-electron chi connectivity index (χ0n) is 19.2. The fraction of sp³-hybridized carbons (Fsp3) is 0.269. The molecule has 0 aliphatic carbocycles. The lowest BCUT2D eigenvalue weighted by Gasteiger charge is -2.24. The predicted molar refractivity (Wildman–Crippen MR) is 124 cm³/mol. The lowest BCUT2D eigenvalue weighted by Crippen LogP contribution is -2.50. The van der Waals surface area contributed by atoms with Crippen LogP contribution in [0.15, 0.2) is 66.9 Å². The number of pyridine rings is 1. The third-order valence-electron chi connectivity index (χ3n) is 5.26. The maximum Gasteiger partial charge on any atom is 0.257 e. The third kappa shape index (κ3) is 6.37. The first kappa shape index (κ1) is 24.8. The molecule has 2 atom stereocenters. The summed E-state index contributed by atoms with van der Waals surface area (Å²) < 4.78 is 33.7. The van der Waals surface area contributed by atoms with Crippen LogP contribution in [0.5, 0.6) is 5.75 Å². The van der Waals surface area contributed by atoms with Crippen molar-refractivity contribution in [3.63, 3.8) is 0 Å². The molecular formula is C26H27F2N3O3. The molecule has 0 aliphatic rings. The lowest BCUT2D eigenvalue weighted by atomic mass is 10.0. The number of benzene rings is 2. The van der Waals surface area contributed by atoms with Gasteiger partial charge in [-0.2, -0.15) is 0 Å². The first-order valence-electron chi connectivity index (χ1n) is 10.9. The van der Waals surface area contributed by atoms with Crippen LogP contribution >= 0.6 is 0 Å². The van der Waals surface area contributed by atoms with Crippen LogP contribution in [0.4, 0.5) is 8.78 Å². The highest BCUT2D eigenvalue weighted by atomic mass is 19.1. The molecule has 2 N–H and O–H groups in total. The van der Waals surface area contributed by atoms with E-state index in [1.807, 2.05) is 36.4 Å². The summed E-state index contributed by atoms with van der Waals surface area (Å²) >= 11 is 0. The van der Waals surface area contributed by atoms with Crippen LogP contribution in [0.25, 0.3) is 0 Å². The molecule has 178 valence electrons. The van der Waals surface area contributed by atoms with Crippen LogP contribution in [0.2, 0.25) is 0 Å². The fourth-order valence-electron chi connectivity index (χ4n) is 3.36. The normalized spacial score (nSPS) is 12.6. The summed E-state index contributed by atoms with van der Waals surface area (Å²) in [6.45, 7) is 5.57. The first-order chi connectivity index (χ1) is 16.3. The molecule has 2 unspecified atom stereocenters. The average Bonchev–Trinajstić information content (AvgIpc) is 2.81. The van der Waals surface area contributed by atoms with Gasteiger partial charge < -0.3 is 15.4 Å². The Morgan fingerprint density at radius 3 is 2.29 bits per heavy atom. The number of carbonyl (C=O) groups is 2. The minimum atomic E-state index is -0.990. The smallest absolute Gasteiger partial charge is 0.257 e. The molecule has 0 spiro atoms. The number of amides is 2. The molecular weight excluding hydrogens is 440 g/mol. The summed E-state index contributed by atoms with van der Waals surface area (Å²) in [4.78, 5) is 29.7. The predicted octanol–water partition coefficient (Wildman–Crippen LogP) is 4.57. The van der Waals surface area contributed by atoms with Crippen molar-refractivity contribution >= 4 is 11.8 Å². The Bertz CT molecular complexity index is 1120. The average molecular weight is 468 g/mol.